The predicted molar refractivity (Wildman–Crippen MR) is 40.3 cm³/mol. The molecule has 1 aliphatic heterocycles. The molecule has 0 amide bonds. The van der Waals surface area contributed by atoms with Gasteiger partial charge in [-0.2, -0.15) is 11.8 Å². The van der Waals surface area contributed by atoms with Gasteiger partial charge >= 0.3 is 0 Å². The van der Waals surface area contributed by atoms with E-state index in [1.165, 1.54) is 24.3 Å². The second kappa shape index (κ2) is 2.30. The highest BCUT2D eigenvalue weighted by Crippen LogP contribution is 2.37. The molecule has 0 N–H and O–H groups in total. The third kappa shape index (κ3) is 1.19. The molecule has 0 aromatic carbocycles. The van der Waals surface area contributed by atoms with Crippen LogP contribution in [-0.4, -0.2) is 11.5 Å². The topological polar surface area (TPSA) is 0 Å². The molecular weight excluding hydrogens is 116 g/mol. The molecule has 0 aromatic rings. The largest absolute Gasteiger partial charge is 0.161 e. The lowest BCUT2D eigenvalue weighted by Gasteiger charge is -2.18. The van der Waals surface area contributed by atoms with Gasteiger partial charge in [0.2, 0.25) is 0 Å². The summed E-state index contributed by atoms with van der Waals surface area (Å²) in [5, 5.41) is 0. The summed E-state index contributed by atoms with van der Waals surface area (Å²) in [6.07, 6.45) is 2.80. The minimum atomic E-state index is 0.699. The number of thioether (sulfide) groups is 1. The lowest BCUT2D eigenvalue weighted by atomic mass is 9.88. The van der Waals surface area contributed by atoms with Crippen molar-refractivity contribution in [2.24, 2.45) is 5.41 Å². The van der Waals surface area contributed by atoms with E-state index in [-0.39, 0.29) is 0 Å². The van der Waals surface area contributed by atoms with Crippen LogP contribution in [0.25, 0.3) is 0 Å². The van der Waals surface area contributed by atoms with Gasteiger partial charge in [0.1, 0.15) is 0 Å². The lowest BCUT2D eigenvalue weighted by molar-refractivity contribution is 0.365. The van der Waals surface area contributed by atoms with Crippen molar-refractivity contribution in [1.29, 1.82) is 0 Å². The molecule has 1 fully saturated rings. The van der Waals surface area contributed by atoms with Crippen LogP contribution in [-0.2, 0) is 0 Å². The average molecular weight is 130 g/mol. The van der Waals surface area contributed by atoms with E-state index in [9.17, 15) is 0 Å². The van der Waals surface area contributed by atoms with Crippen molar-refractivity contribution >= 4 is 11.8 Å². The number of hydrogen-bond acceptors (Lipinski definition) is 1. The first kappa shape index (κ1) is 6.47. The first-order valence-electron chi connectivity index (χ1n) is 3.35. The van der Waals surface area contributed by atoms with E-state index < -0.39 is 0 Å². The van der Waals surface area contributed by atoms with Crippen molar-refractivity contribution in [3.8, 4) is 0 Å². The molecule has 48 valence electrons. The second-order valence-corrected chi connectivity index (χ2v) is 4.07. The molecule has 0 saturated carbocycles. The lowest BCUT2D eigenvalue weighted by Crippen LogP contribution is -2.12. The molecule has 0 unspecified atom stereocenters. The van der Waals surface area contributed by atoms with Crippen molar-refractivity contribution in [2.75, 3.05) is 11.5 Å². The van der Waals surface area contributed by atoms with E-state index in [2.05, 4.69) is 25.6 Å². The van der Waals surface area contributed by atoms with Gasteiger partial charge in [-0.25, -0.2) is 0 Å². The molecule has 1 heterocycles. The Balaban J connectivity index is 2.40. The van der Waals surface area contributed by atoms with E-state index in [1.54, 1.807) is 0 Å². The highest BCUT2D eigenvalue weighted by molar-refractivity contribution is 7.99. The fourth-order valence-corrected chi connectivity index (χ4v) is 2.61. The van der Waals surface area contributed by atoms with Crippen LogP contribution in [0.15, 0.2) is 0 Å². The smallest absolute Gasteiger partial charge is 0.00133 e. The standard InChI is InChI=1S/C7H14S/c1-3-7(2)4-5-8-6-7/h3-6H2,1-2H3/t7-/m0/s1. The first-order chi connectivity index (χ1) is 3.77. The predicted octanol–water partition coefficient (Wildman–Crippen LogP) is 2.54. The summed E-state index contributed by atoms with van der Waals surface area (Å²) in [4.78, 5) is 0. The molecule has 8 heavy (non-hydrogen) atoms. The van der Waals surface area contributed by atoms with Gasteiger partial charge in [-0.3, -0.25) is 0 Å². The van der Waals surface area contributed by atoms with Crippen molar-refractivity contribution in [2.45, 2.75) is 26.7 Å². The summed E-state index contributed by atoms with van der Waals surface area (Å²) in [5.74, 6) is 2.79. The van der Waals surface area contributed by atoms with Gasteiger partial charge in [-0.1, -0.05) is 13.8 Å². The van der Waals surface area contributed by atoms with Gasteiger partial charge in [0.25, 0.3) is 0 Å². The maximum Gasteiger partial charge on any atom is -0.00133 e. The summed E-state index contributed by atoms with van der Waals surface area (Å²) in [7, 11) is 0. The Kier molecular flexibility index (Phi) is 1.86. The zero-order valence-corrected chi connectivity index (χ0v) is 6.55. The van der Waals surface area contributed by atoms with Crippen molar-refractivity contribution < 1.29 is 0 Å². The molecule has 0 aromatic heterocycles. The van der Waals surface area contributed by atoms with Crippen molar-refractivity contribution in [3.63, 3.8) is 0 Å². The van der Waals surface area contributed by atoms with Crippen LogP contribution in [0.2, 0.25) is 0 Å². The van der Waals surface area contributed by atoms with Gasteiger partial charge < -0.3 is 0 Å². The van der Waals surface area contributed by atoms with Crippen LogP contribution in [0.1, 0.15) is 26.7 Å². The van der Waals surface area contributed by atoms with Gasteiger partial charge in [-0.05, 0) is 29.8 Å². The van der Waals surface area contributed by atoms with Crippen molar-refractivity contribution in [1.82, 2.24) is 0 Å². The summed E-state index contributed by atoms with van der Waals surface area (Å²) >= 11 is 2.11. The molecule has 0 nitrogen and oxygen atoms in total. The second-order valence-electron chi connectivity index (χ2n) is 2.97. The Morgan fingerprint density at radius 3 is 2.62 bits per heavy atom. The van der Waals surface area contributed by atoms with Gasteiger partial charge in [-0.15, -0.1) is 0 Å². The van der Waals surface area contributed by atoms with Crippen LogP contribution in [0.3, 0.4) is 0 Å². The Bertz CT molecular complexity index is 72.5. The van der Waals surface area contributed by atoms with E-state index in [0.29, 0.717) is 5.41 Å². The van der Waals surface area contributed by atoms with Crippen LogP contribution in [0, 0.1) is 5.41 Å². The fourth-order valence-electron chi connectivity index (χ4n) is 0.988. The minimum Gasteiger partial charge on any atom is -0.161 e. The van der Waals surface area contributed by atoms with Crippen LogP contribution >= 0.6 is 11.8 Å². The fraction of sp³-hybridized carbons (Fsp3) is 1.00. The van der Waals surface area contributed by atoms with Crippen LogP contribution < -0.4 is 0 Å². The highest BCUT2D eigenvalue weighted by Gasteiger charge is 2.26. The molecule has 0 bridgehead atoms. The van der Waals surface area contributed by atoms with Gasteiger partial charge in [0, 0.05) is 0 Å². The van der Waals surface area contributed by atoms with Crippen LogP contribution in [0.5, 0.6) is 0 Å². The molecule has 0 radical (unpaired) electrons. The van der Waals surface area contributed by atoms with Gasteiger partial charge in [0.05, 0.1) is 0 Å². The third-order valence-corrected chi connectivity index (χ3v) is 3.55. The summed E-state index contributed by atoms with van der Waals surface area (Å²) in [6.45, 7) is 4.69. The maximum atomic E-state index is 2.40. The zero-order valence-electron chi connectivity index (χ0n) is 5.74. The zero-order chi connectivity index (χ0) is 6.04. The molecular formula is C7H14S. The van der Waals surface area contributed by atoms with Crippen LogP contribution in [0.4, 0.5) is 0 Å². The molecule has 1 heteroatoms. The molecule has 1 saturated heterocycles. The minimum absolute atomic E-state index is 0.699. The Hall–Kier alpha value is 0.350. The maximum absolute atomic E-state index is 2.40. The summed E-state index contributed by atoms with van der Waals surface area (Å²) in [5.41, 5.74) is 0.699. The monoisotopic (exact) mass is 130 g/mol. The van der Waals surface area contributed by atoms with E-state index in [4.69, 9.17) is 0 Å². The number of rotatable bonds is 1. The van der Waals surface area contributed by atoms with E-state index >= 15 is 0 Å². The molecule has 0 aliphatic carbocycles. The summed E-state index contributed by atoms with van der Waals surface area (Å²) < 4.78 is 0. The molecule has 1 atom stereocenters. The highest BCUT2D eigenvalue weighted by atomic mass is 32.2. The molecule has 1 rings (SSSR count). The SMILES string of the molecule is CC[C@@]1(C)CCSC1. The molecule has 1 aliphatic rings. The van der Waals surface area contributed by atoms with Gasteiger partial charge in [0.15, 0.2) is 0 Å². The Morgan fingerprint density at radius 2 is 2.38 bits per heavy atom. The summed E-state index contributed by atoms with van der Waals surface area (Å²) in [6, 6.07) is 0. The average Bonchev–Trinajstić information content (AvgIpc) is 2.17. The normalized spacial score (nSPS) is 38.2. The Morgan fingerprint density at radius 1 is 1.62 bits per heavy atom. The van der Waals surface area contributed by atoms with E-state index in [1.807, 2.05) is 0 Å². The first-order valence-corrected chi connectivity index (χ1v) is 4.50. The Labute approximate surface area is 56.0 Å². The molecule has 0 spiro atoms. The van der Waals surface area contributed by atoms with Crippen molar-refractivity contribution in [3.05, 3.63) is 0 Å². The third-order valence-electron chi connectivity index (χ3n) is 2.15. The van der Waals surface area contributed by atoms with E-state index in [0.717, 1.165) is 0 Å². The number of hydrogen-bond donors (Lipinski definition) is 0. The quantitative estimate of drug-likeness (QED) is 0.525.